The molecule has 0 aromatic rings. The van der Waals surface area contributed by atoms with Gasteiger partial charge >= 0.3 is 0 Å². The summed E-state index contributed by atoms with van der Waals surface area (Å²) in [5.41, 5.74) is 0.380. The molecule has 1 aliphatic heterocycles. The molecule has 0 radical (unpaired) electrons. The van der Waals surface area contributed by atoms with Gasteiger partial charge in [0, 0.05) is 27.2 Å². The molecule has 0 aromatic heterocycles. The summed E-state index contributed by atoms with van der Waals surface area (Å²) >= 11 is 0. The third-order valence-electron chi connectivity index (χ3n) is 3.61. The minimum Gasteiger partial charge on any atom is -0.358 e. The molecule has 1 saturated heterocycles. The average molecular weight is 240 g/mol. The lowest BCUT2D eigenvalue weighted by molar-refractivity contribution is -0.119. The Hall–Kier alpha value is -1.26. The zero-order chi connectivity index (χ0) is 12.9. The molecule has 0 spiro atoms. The highest BCUT2D eigenvalue weighted by Gasteiger charge is 2.33. The molecular formula is C12H24N4O. The Bertz CT molecular complexity index is 303. The molecule has 1 unspecified atom stereocenters. The Balaban J connectivity index is 2.51. The summed E-state index contributed by atoms with van der Waals surface area (Å²) in [5.74, 6) is 0.800. The van der Waals surface area contributed by atoms with Crippen molar-refractivity contribution in [2.75, 3.05) is 33.7 Å². The van der Waals surface area contributed by atoms with Crippen molar-refractivity contribution >= 4 is 11.9 Å². The van der Waals surface area contributed by atoms with E-state index in [0.717, 1.165) is 19.0 Å². The zero-order valence-corrected chi connectivity index (χ0v) is 11.3. The molecule has 5 heteroatoms. The lowest BCUT2D eigenvalue weighted by Gasteiger charge is -2.25. The van der Waals surface area contributed by atoms with E-state index in [1.54, 1.807) is 14.1 Å². The van der Waals surface area contributed by atoms with Gasteiger partial charge in [0.1, 0.15) is 0 Å². The highest BCUT2D eigenvalue weighted by molar-refractivity contribution is 5.86. The van der Waals surface area contributed by atoms with E-state index in [4.69, 9.17) is 0 Å². The molecule has 0 aliphatic carbocycles. The second-order valence-electron chi connectivity index (χ2n) is 4.91. The first kappa shape index (κ1) is 13.8. The number of rotatable bonds is 3. The number of nitrogens with zero attached hydrogens (tertiary/aromatic N) is 2. The molecule has 1 amide bonds. The van der Waals surface area contributed by atoms with Crippen LogP contribution < -0.4 is 10.6 Å². The first-order valence-corrected chi connectivity index (χ1v) is 6.21. The second-order valence-corrected chi connectivity index (χ2v) is 4.91. The molecule has 1 fully saturated rings. The van der Waals surface area contributed by atoms with E-state index in [1.807, 2.05) is 0 Å². The maximum Gasteiger partial charge on any atom is 0.239 e. The van der Waals surface area contributed by atoms with Crippen LogP contribution >= 0.6 is 0 Å². The number of carbonyl (C=O) groups excluding carboxylic acids is 1. The summed E-state index contributed by atoms with van der Waals surface area (Å²) in [6.45, 7) is 6.83. The van der Waals surface area contributed by atoms with Crippen molar-refractivity contribution < 1.29 is 4.79 Å². The lowest BCUT2D eigenvalue weighted by Crippen LogP contribution is -2.44. The van der Waals surface area contributed by atoms with Crippen molar-refractivity contribution in [1.82, 2.24) is 15.5 Å². The number of amides is 1. The smallest absolute Gasteiger partial charge is 0.239 e. The molecular weight excluding hydrogens is 216 g/mol. The van der Waals surface area contributed by atoms with Gasteiger partial charge in [0.15, 0.2) is 5.96 Å². The van der Waals surface area contributed by atoms with Crippen molar-refractivity contribution in [2.24, 2.45) is 10.4 Å². The summed E-state index contributed by atoms with van der Waals surface area (Å²) in [7, 11) is 3.39. The average Bonchev–Trinajstić information content (AvgIpc) is 2.73. The first-order chi connectivity index (χ1) is 8.04. The van der Waals surface area contributed by atoms with E-state index < -0.39 is 0 Å². The predicted molar refractivity (Wildman–Crippen MR) is 70.0 cm³/mol. The standard InChI is InChI=1S/C12H24N4O/c1-5-12(2)6-7-16(9-12)11(14-4)15-8-10(17)13-3/h5-9H2,1-4H3,(H,13,17)(H,14,15). The molecule has 1 atom stereocenters. The van der Waals surface area contributed by atoms with E-state index in [2.05, 4.69) is 34.4 Å². The van der Waals surface area contributed by atoms with Crippen molar-refractivity contribution in [2.45, 2.75) is 26.7 Å². The molecule has 1 heterocycles. The van der Waals surface area contributed by atoms with E-state index in [9.17, 15) is 4.79 Å². The molecule has 5 nitrogen and oxygen atoms in total. The van der Waals surface area contributed by atoms with Gasteiger partial charge in [-0.05, 0) is 18.3 Å². The number of likely N-dealkylation sites (N-methyl/N-ethyl adjacent to an activating group) is 1. The van der Waals surface area contributed by atoms with Gasteiger partial charge in [0.2, 0.25) is 5.91 Å². The van der Waals surface area contributed by atoms with E-state index in [1.165, 1.54) is 12.8 Å². The highest BCUT2D eigenvalue weighted by Crippen LogP contribution is 2.32. The van der Waals surface area contributed by atoms with E-state index in [-0.39, 0.29) is 12.5 Å². The third-order valence-corrected chi connectivity index (χ3v) is 3.61. The van der Waals surface area contributed by atoms with Crippen LogP contribution in [0, 0.1) is 5.41 Å². The predicted octanol–water partition coefficient (Wildman–Crippen LogP) is 0.430. The van der Waals surface area contributed by atoms with Gasteiger partial charge in [0.25, 0.3) is 0 Å². The summed E-state index contributed by atoms with van der Waals surface area (Å²) in [5, 5.41) is 5.68. The lowest BCUT2D eigenvalue weighted by atomic mass is 9.87. The fourth-order valence-electron chi connectivity index (χ4n) is 2.07. The number of carbonyl (C=O) groups is 1. The van der Waals surface area contributed by atoms with Crippen molar-refractivity contribution in [1.29, 1.82) is 0 Å². The van der Waals surface area contributed by atoms with Crippen LogP contribution in [0.1, 0.15) is 26.7 Å². The SMILES string of the molecule is CCC1(C)CCN(C(=NC)NCC(=O)NC)C1. The van der Waals surface area contributed by atoms with Crippen molar-refractivity contribution in [3.05, 3.63) is 0 Å². The van der Waals surface area contributed by atoms with Gasteiger partial charge in [-0.15, -0.1) is 0 Å². The number of aliphatic imine (C=N–C) groups is 1. The van der Waals surface area contributed by atoms with Crippen LogP contribution in [0.25, 0.3) is 0 Å². The summed E-state index contributed by atoms with van der Waals surface area (Å²) in [6.07, 6.45) is 2.36. The topological polar surface area (TPSA) is 56.7 Å². The number of likely N-dealkylation sites (tertiary alicyclic amines) is 1. The minimum atomic E-state index is -0.0244. The Morgan fingerprint density at radius 3 is 2.71 bits per heavy atom. The molecule has 0 saturated carbocycles. The summed E-state index contributed by atoms with van der Waals surface area (Å²) < 4.78 is 0. The first-order valence-electron chi connectivity index (χ1n) is 6.21. The van der Waals surface area contributed by atoms with Crippen LogP contribution in [-0.2, 0) is 4.79 Å². The van der Waals surface area contributed by atoms with Crippen LogP contribution in [-0.4, -0.2) is 50.5 Å². The molecule has 2 N–H and O–H groups in total. The minimum absolute atomic E-state index is 0.0244. The van der Waals surface area contributed by atoms with Crippen molar-refractivity contribution in [3.8, 4) is 0 Å². The number of nitrogens with one attached hydrogen (secondary N) is 2. The Labute approximate surface area is 104 Å². The Morgan fingerprint density at radius 2 is 2.24 bits per heavy atom. The van der Waals surface area contributed by atoms with Gasteiger partial charge in [0.05, 0.1) is 6.54 Å². The normalized spacial score (nSPS) is 24.9. The largest absolute Gasteiger partial charge is 0.358 e. The van der Waals surface area contributed by atoms with Gasteiger partial charge in [-0.1, -0.05) is 13.8 Å². The van der Waals surface area contributed by atoms with Gasteiger partial charge in [-0.25, -0.2) is 0 Å². The highest BCUT2D eigenvalue weighted by atomic mass is 16.1. The van der Waals surface area contributed by atoms with Crippen LogP contribution in [0.3, 0.4) is 0 Å². The summed E-state index contributed by atoms with van der Waals surface area (Å²) in [4.78, 5) is 17.6. The van der Waals surface area contributed by atoms with Crippen LogP contribution in [0.4, 0.5) is 0 Å². The number of guanidine groups is 1. The van der Waals surface area contributed by atoms with E-state index in [0.29, 0.717) is 5.41 Å². The third kappa shape index (κ3) is 3.61. The van der Waals surface area contributed by atoms with Crippen LogP contribution in [0.15, 0.2) is 4.99 Å². The molecule has 1 aliphatic rings. The van der Waals surface area contributed by atoms with Crippen LogP contribution in [0.5, 0.6) is 0 Å². The Morgan fingerprint density at radius 1 is 1.53 bits per heavy atom. The maximum atomic E-state index is 11.2. The summed E-state index contributed by atoms with van der Waals surface area (Å²) in [6, 6.07) is 0. The molecule has 0 bridgehead atoms. The maximum absolute atomic E-state index is 11.2. The van der Waals surface area contributed by atoms with E-state index >= 15 is 0 Å². The van der Waals surface area contributed by atoms with Gasteiger partial charge in [-0.2, -0.15) is 0 Å². The Kier molecular flexibility index (Phi) is 4.78. The fraction of sp³-hybridized carbons (Fsp3) is 0.833. The quantitative estimate of drug-likeness (QED) is 0.555. The monoisotopic (exact) mass is 240 g/mol. The van der Waals surface area contributed by atoms with Crippen molar-refractivity contribution in [3.63, 3.8) is 0 Å². The van der Waals surface area contributed by atoms with Crippen LogP contribution in [0.2, 0.25) is 0 Å². The number of hydrogen-bond acceptors (Lipinski definition) is 2. The molecule has 0 aromatic carbocycles. The number of hydrogen-bond donors (Lipinski definition) is 2. The van der Waals surface area contributed by atoms with Gasteiger partial charge < -0.3 is 15.5 Å². The molecule has 98 valence electrons. The fourth-order valence-corrected chi connectivity index (χ4v) is 2.07. The molecule has 1 rings (SSSR count). The van der Waals surface area contributed by atoms with Gasteiger partial charge in [-0.3, -0.25) is 9.79 Å². The second kappa shape index (κ2) is 5.89. The molecule has 17 heavy (non-hydrogen) atoms. The zero-order valence-electron chi connectivity index (χ0n) is 11.3.